The van der Waals surface area contributed by atoms with Gasteiger partial charge in [-0.15, -0.1) is 12.4 Å². The Labute approximate surface area is 162 Å². The largest absolute Gasteiger partial charge is 0.376 e. The van der Waals surface area contributed by atoms with Gasteiger partial charge in [-0.2, -0.15) is 0 Å². The maximum Gasteiger partial charge on any atom is 0.148 e. The number of likely N-dealkylation sites (tertiary alicyclic amines) is 1. The Balaban J connectivity index is 0.00000196. The fourth-order valence-electron chi connectivity index (χ4n) is 4.46. The van der Waals surface area contributed by atoms with Gasteiger partial charge in [-0.1, -0.05) is 55.3 Å². The number of carbonyl (C=O) groups excluding carboxylic acids is 1. The average molecular weight is 374 g/mol. The van der Waals surface area contributed by atoms with Crippen LogP contribution in [-0.2, 0) is 16.0 Å². The molecule has 1 heterocycles. The van der Waals surface area contributed by atoms with Gasteiger partial charge in [0.15, 0.2) is 0 Å². The van der Waals surface area contributed by atoms with Crippen molar-refractivity contribution in [1.82, 2.24) is 4.90 Å². The number of hydrogen-bond donors (Lipinski definition) is 0. The third-order valence-corrected chi connectivity index (χ3v) is 5.78. The van der Waals surface area contributed by atoms with Crippen molar-refractivity contribution in [3.63, 3.8) is 0 Å². The van der Waals surface area contributed by atoms with Crippen molar-refractivity contribution >= 4 is 29.0 Å². The fraction of sp³-hybridized carbons (Fsp3) is 0.500. The maximum absolute atomic E-state index is 11.6. The summed E-state index contributed by atoms with van der Waals surface area (Å²) in [4.78, 5) is 14.0. The van der Waals surface area contributed by atoms with Crippen LogP contribution in [0.15, 0.2) is 42.5 Å². The molecule has 26 heavy (non-hydrogen) atoms. The lowest BCUT2D eigenvalue weighted by atomic mass is 9.91. The van der Waals surface area contributed by atoms with E-state index >= 15 is 0 Å². The normalized spacial score (nSPS) is 23.9. The zero-order valence-corrected chi connectivity index (χ0v) is 16.0. The van der Waals surface area contributed by atoms with Gasteiger partial charge in [0.2, 0.25) is 0 Å². The maximum atomic E-state index is 11.6. The Morgan fingerprint density at radius 2 is 1.85 bits per heavy atom. The molecule has 0 radical (unpaired) electrons. The van der Waals surface area contributed by atoms with E-state index in [-0.39, 0.29) is 18.5 Å². The number of hydrogen-bond acceptors (Lipinski definition) is 3. The van der Waals surface area contributed by atoms with Crippen LogP contribution in [0.2, 0.25) is 0 Å². The summed E-state index contributed by atoms with van der Waals surface area (Å²) in [5, 5.41) is 2.63. The van der Waals surface area contributed by atoms with Gasteiger partial charge in [0, 0.05) is 19.0 Å². The predicted octanol–water partition coefficient (Wildman–Crippen LogP) is 4.41. The van der Waals surface area contributed by atoms with Crippen molar-refractivity contribution in [2.24, 2.45) is 0 Å². The van der Waals surface area contributed by atoms with E-state index in [1.807, 2.05) is 0 Å². The summed E-state index contributed by atoms with van der Waals surface area (Å²) in [6, 6.07) is 15.5. The summed E-state index contributed by atoms with van der Waals surface area (Å²) >= 11 is 0. The molecule has 4 rings (SSSR count). The van der Waals surface area contributed by atoms with Crippen molar-refractivity contribution < 1.29 is 9.53 Å². The molecule has 1 aliphatic carbocycles. The van der Waals surface area contributed by atoms with E-state index in [0.717, 1.165) is 32.4 Å². The van der Waals surface area contributed by atoms with Crippen LogP contribution in [-0.4, -0.2) is 42.5 Å². The number of Topliss-reactive ketones (excluding diaryl/α,β-unsaturated/α-hetero) is 1. The number of carbonyl (C=O) groups is 1. The molecule has 140 valence electrons. The standard InChI is InChI=1S/C22H27NO2.ClH/c24-19-12-14-23(16-19)21-10-3-4-11-22(21)25-15-13-18-8-5-7-17-6-1-2-9-20(17)18;/h1-2,5-9,21-22H,3-4,10-16H2;1H/t21-,22+;/m0./s1. The Morgan fingerprint density at radius 3 is 2.69 bits per heavy atom. The molecule has 1 saturated heterocycles. The van der Waals surface area contributed by atoms with Gasteiger partial charge in [0.25, 0.3) is 0 Å². The number of nitrogens with zero attached hydrogens (tertiary/aromatic N) is 1. The summed E-state index contributed by atoms with van der Waals surface area (Å²) < 4.78 is 6.34. The predicted molar refractivity (Wildman–Crippen MR) is 108 cm³/mol. The first-order valence-corrected chi connectivity index (χ1v) is 9.65. The van der Waals surface area contributed by atoms with Crippen molar-refractivity contribution in [3.8, 4) is 0 Å². The summed E-state index contributed by atoms with van der Waals surface area (Å²) in [7, 11) is 0. The highest BCUT2D eigenvalue weighted by atomic mass is 35.5. The van der Waals surface area contributed by atoms with E-state index in [2.05, 4.69) is 47.4 Å². The highest BCUT2D eigenvalue weighted by Crippen LogP contribution is 2.28. The molecule has 0 aromatic heterocycles. The van der Waals surface area contributed by atoms with E-state index < -0.39 is 0 Å². The van der Waals surface area contributed by atoms with Gasteiger partial charge < -0.3 is 4.74 Å². The Kier molecular flexibility index (Phi) is 6.68. The summed E-state index contributed by atoms with van der Waals surface area (Å²) in [6.07, 6.45) is 6.77. The molecular formula is C22H28ClNO2. The zero-order valence-electron chi connectivity index (χ0n) is 15.2. The topological polar surface area (TPSA) is 29.5 Å². The number of benzene rings is 2. The highest BCUT2D eigenvalue weighted by molar-refractivity contribution is 5.86. The molecule has 2 fully saturated rings. The number of ketones is 1. The van der Waals surface area contributed by atoms with E-state index in [1.54, 1.807) is 0 Å². The number of halogens is 1. The highest BCUT2D eigenvalue weighted by Gasteiger charge is 2.34. The molecule has 0 spiro atoms. The number of rotatable bonds is 5. The minimum atomic E-state index is 0. The molecule has 3 nitrogen and oxygen atoms in total. The average Bonchev–Trinajstić information content (AvgIpc) is 3.08. The van der Waals surface area contributed by atoms with Crippen LogP contribution in [0.5, 0.6) is 0 Å². The van der Waals surface area contributed by atoms with E-state index in [9.17, 15) is 4.79 Å². The lowest BCUT2D eigenvalue weighted by Crippen LogP contribution is -2.45. The Bertz CT molecular complexity index is 743. The summed E-state index contributed by atoms with van der Waals surface area (Å²) in [5.74, 6) is 0.389. The number of fused-ring (bicyclic) bond motifs is 1. The molecular weight excluding hydrogens is 346 g/mol. The third-order valence-electron chi connectivity index (χ3n) is 5.78. The van der Waals surface area contributed by atoms with Gasteiger partial charge in [0.1, 0.15) is 5.78 Å². The second-order valence-electron chi connectivity index (χ2n) is 7.41. The van der Waals surface area contributed by atoms with Crippen molar-refractivity contribution in [1.29, 1.82) is 0 Å². The van der Waals surface area contributed by atoms with Crippen molar-refractivity contribution in [3.05, 3.63) is 48.0 Å². The SMILES string of the molecule is Cl.O=C1CCN([C@H]2CCCC[C@H]2OCCc2cccc3ccccc23)C1. The van der Waals surface area contributed by atoms with Crippen LogP contribution >= 0.6 is 12.4 Å². The van der Waals surface area contributed by atoms with Crippen molar-refractivity contribution in [2.45, 2.75) is 50.7 Å². The van der Waals surface area contributed by atoms with E-state index in [1.165, 1.54) is 35.6 Å². The van der Waals surface area contributed by atoms with E-state index in [4.69, 9.17) is 4.74 Å². The van der Waals surface area contributed by atoms with E-state index in [0.29, 0.717) is 18.4 Å². The second-order valence-corrected chi connectivity index (χ2v) is 7.41. The molecule has 1 saturated carbocycles. The van der Waals surface area contributed by atoms with Crippen molar-refractivity contribution in [2.75, 3.05) is 19.7 Å². The zero-order chi connectivity index (χ0) is 17.1. The molecule has 0 amide bonds. The minimum Gasteiger partial charge on any atom is -0.376 e. The van der Waals surface area contributed by atoms with Gasteiger partial charge in [-0.05, 0) is 35.6 Å². The molecule has 4 heteroatoms. The third kappa shape index (κ3) is 4.28. The number of ether oxygens (including phenoxy) is 1. The lowest BCUT2D eigenvalue weighted by molar-refractivity contribution is -0.117. The summed E-state index contributed by atoms with van der Waals surface area (Å²) in [6.45, 7) is 2.32. The van der Waals surface area contributed by atoms with Gasteiger partial charge in [0.05, 0.1) is 19.3 Å². The fourth-order valence-corrected chi connectivity index (χ4v) is 4.46. The van der Waals surface area contributed by atoms with Crippen LogP contribution in [0.3, 0.4) is 0 Å². The second kappa shape index (κ2) is 8.98. The molecule has 2 aromatic carbocycles. The molecule has 2 atom stereocenters. The first kappa shape index (κ1) is 19.3. The quantitative estimate of drug-likeness (QED) is 0.777. The van der Waals surface area contributed by atoms with Crippen LogP contribution in [0.25, 0.3) is 10.8 Å². The monoisotopic (exact) mass is 373 g/mol. The summed E-state index contributed by atoms with van der Waals surface area (Å²) in [5.41, 5.74) is 1.36. The molecule has 0 unspecified atom stereocenters. The molecule has 0 N–H and O–H groups in total. The smallest absolute Gasteiger partial charge is 0.148 e. The first-order valence-electron chi connectivity index (χ1n) is 9.65. The van der Waals surface area contributed by atoms with Crippen LogP contribution in [0.4, 0.5) is 0 Å². The van der Waals surface area contributed by atoms with Gasteiger partial charge in [-0.3, -0.25) is 9.69 Å². The molecule has 0 bridgehead atoms. The lowest BCUT2D eigenvalue weighted by Gasteiger charge is -2.37. The van der Waals surface area contributed by atoms with Crippen LogP contribution in [0.1, 0.15) is 37.7 Å². The Morgan fingerprint density at radius 1 is 1.04 bits per heavy atom. The first-order chi connectivity index (χ1) is 12.3. The van der Waals surface area contributed by atoms with Crippen LogP contribution < -0.4 is 0 Å². The van der Waals surface area contributed by atoms with Gasteiger partial charge >= 0.3 is 0 Å². The molecule has 2 aliphatic rings. The van der Waals surface area contributed by atoms with Crippen LogP contribution in [0, 0.1) is 0 Å². The Hall–Kier alpha value is -1.42. The molecule has 1 aliphatic heterocycles. The van der Waals surface area contributed by atoms with Gasteiger partial charge in [-0.25, -0.2) is 0 Å². The minimum absolute atomic E-state index is 0. The molecule has 2 aromatic rings.